The summed E-state index contributed by atoms with van der Waals surface area (Å²) in [5, 5.41) is 2.89. The number of para-hydroxylation sites is 1. The second-order valence-electron chi connectivity index (χ2n) is 8.03. The first-order valence-corrected chi connectivity index (χ1v) is 11.0. The lowest BCUT2D eigenvalue weighted by atomic mass is 9.98. The van der Waals surface area contributed by atoms with Crippen molar-refractivity contribution in [3.05, 3.63) is 59.7 Å². The molecule has 1 saturated heterocycles. The zero-order valence-electron chi connectivity index (χ0n) is 18.2. The smallest absolute Gasteiger partial charge is 0.265 e. The highest BCUT2D eigenvalue weighted by Crippen LogP contribution is 2.29. The number of likely N-dealkylation sites (tertiary alicyclic amines) is 1. The zero-order chi connectivity index (χ0) is 21.5. The average Bonchev–Trinajstić information content (AvgIpc) is 2.79. The molecule has 1 heterocycles. The Bertz CT molecular complexity index is 874. The van der Waals surface area contributed by atoms with Crippen molar-refractivity contribution in [3.63, 3.8) is 0 Å². The summed E-state index contributed by atoms with van der Waals surface area (Å²) in [7, 11) is 0. The van der Waals surface area contributed by atoms with E-state index in [-0.39, 0.29) is 11.8 Å². The van der Waals surface area contributed by atoms with Crippen LogP contribution in [0.15, 0.2) is 48.5 Å². The van der Waals surface area contributed by atoms with E-state index in [1.165, 1.54) is 6.42 Å². The number of amides is 2. The Morgan fingerprint density at radius 1 is 1.03 bits per heavy atom. The first-order valence-electron chi connectivity index (χ1n) is 11.0. The molecule has 0 spiro atoms. The molecule has 2 atom stereocenters. The van der Waals surface area contributed by atoms with E-state index < -0.39 is 6.10 Å². The number of nitrogens with zero attached hydrogens (tertiary/aromatic N) is 1. The molecule has 3 rings (SSSR count). The molecule has 2 amide bonds. The van der Waals surface area contributed by atoms with Crippen molar-refractivity contribution < 1.29 is 14.3 Å². The van der Waals surface area contributed by atoms with E-state index in [0.29, 0.717) is 17.2 Å². The number of anilines is 1. The molecule has 0 radical (unpaired) electrons. The van der Waals surface area contributed by atoms with Gasteiger partial charge in [-0.1, -0.05) is 38.1 Å². The number of hydrogen-bond donors (Lipinski definition) is 1. The number of ether oxygens (including phenoxy) is 1. The largest absolute Gasteiger partial charge is 0.481 e. The number of carbonyl (C=O) groups excluding carboxylic acids is 2. The van der Waals surface area contributed by atoms with Gasteiger partial charge in [-0.2, -0.15) is 0 Å². The van der Waals surface area contributed by atoms with Crippen LogP contribution >= 0.6 is 0 Å². The van der Waals surface area contributed by atoms with Gasteiger partial charge < -0.3 is 15.0 Å². The minimum absolute atomic E-state index is 0.0255. The average molecular weight is 409 g/mol. The van der Waals surface area contributed by atoms with Crippen LogP contribution in [0.3, 0.4) is 0 Å². The summed E-state index contributed by atoms with van der Waals surface area (Å²) in [5.74, 6) is 0.881. The summed E-state index contributed by atoms with van der Waals surface area (Å²) < 4.78 is 5.99. The molecule has 0 bridgehead atoms. The van der Waals surface area contributed by atoms with Crippen LogP contribution in [0.25, 0.3) is 0 Å². The van der Waals surface area contributed by atoms with Gasteiger partial charge in [0.15, 0.2) is 6.10 Å². The number of carbonyl (C=O) groups is 2. The topological polar surface area (TPSA) is 58.6 Å². The van der Waals surface area contributed by atoms with Gasteiger partial charge in [0.25, 0.3) is 11.8 Å². The molecule has 2 unspecified atom stereocenters. The summed E-state index contributed by atoms with van der Waals surface area (Å²) in [5.41, 5.74) is 2.31. The summed E-state index contributed by atoms with van der Waals surface area (Å²) >= 11 is 0. The number of nitrogens with one attached hydrogen (secondary N) is 1. The Balaban J connectivity index is 1.65. The van der Waals surface area contributed by atoms with Crippen LogP contribution in [0.2, 0.25) is 0 Å². The van der Waals surface area contributed by atoms with Gasteiger partial charge in [-0.25, -0.2) is 0 Å². The molecule has 1 aliphatic rings. The molecule has 2 aromatic carbocycles. The molecule has 5 nitrogen and oxygen atoms in total. The molecule has 1 N–H and O–H groups in total. The number of hydrogen-bond acceptors (Lipinski definition) is 3. The summed E-state index contributed by atoms with van der Waals surface area (Å²) in [6.07, 6.45) is 3.62. The monoisotopic (exact) mass is 408 g/mol. The molecule has 2 aromatic rings. The lowest BCUT2D eigenvalue weighted by Crippen LogP contribution is -2.35. The van der Waals surface area contributed by atoms with E-state index in [4.69, 9.17) is 4.74 Å². The van der Waals surface area contributed by atoms with Crippen molar-refractivity contribution in [1.82, 2.24) is 4.90 Å². The second-order valence-corrected chi connectivity index (χ2v) is 8.03. The van der Waals surface area contributed by atoms with Gasteiger partial charge in [-0.3, -0.25) is 9.59 Å². The highest BCUT2D eigenvalue weighted by Gasteiger charge is 2.20. The molecule has 1 fully saturated rings. The van der Waals surface area contributed by atoms with E-state index in [9.17, 15) is 9.59 Å². The lowest BCUT2D eigenvalue weighted by Gasteiger charge is -2.26. The van der Waals surface area contributed by atoms with Crippen LogP contribution in [0.1, 0.15) is 68.3 Å². The van der Waals surface area contributed by atoms with E-state index >= 15 is 0 Å². The summed E-state index contributed by atoms with van der Waals surface area (Å²) in [6, 6.07) is 15.0. The van der Waals surface area contributed by atoms with Gasteiger partial charge >= 0.3 is 0 Å². The molecule has 0 aliphatic carbocycles. The SMILES string of the molecule is CCC(C)c1ccccc1OC(C)C(=O)Nc1cccc(C(=O)N2CCCCC2)c1. The summed E-state index contributed by atoms with van der Waals surface area (Å²) in [6.45, 7) is 7.63. The quantitative estimate of drug-likeness (QED) is 0.682. The Labute approximate surface area is 179 Å². The van der Waals surface area contributed by atoms with E-state index in [2.05, 4.69) is 19.2 Å². The summed E-state index contributed by atoms with van der Waals surface area (Å²) in [4.78, 5) is 27.3. The lowest BCUT2D eigenvalue weighted by molar-refractivity contribution is -0.122. The van der Waals surface area contributed by atoms with Gasteiger partial charge in [0.05, 0.1) is 0 Å². The fraction of sp³-hybridized carbons (Fsp3) is 0.440. The third kappa shape index (κ3) is 5.41. The van der Waals surface area contributed by atoms with Crippen molar-refractivity contribution in [3.8, 4) is 5.75 Å². The highest BCUT2D eigenvalue weighted by atomic mass is 16.5. The molecule has 30 heavy (non-hydrogen) atoms. The first kappa shape index (κ1) is 21.9. The van der Waals surface area contributed by atoms with E-state index in [0.717, 1.165) is 43.7 Å². The molecule has 1 aliphatic heterocycles. The minimum Gasteiger partial charge on any atom is -0.481 e. The van der Waals surface area contributed by atoms with Gasteiger partial charge in [0.2, 0.25) is 0 Å². The van der Waals surface area contributed by atoms with Crippen LogP contribution in [0.5, 0.6) is 5.75 Å². The van der Waals surface area contributed by atoms with Crippen LogP contribution in [0, 0.1) is 0 Å². The van der Waals surface area contributed by atoms with Gasteiger partial charge in [-0.15, -0.1) is 0 Å². The van der Waals surface area contributed by atoms with Crippen molar-refractivity contribution in [2.45, 2.75) is 58.5 Å². The number of rotatable bonds is 7. The minimum atomic E-state index is -0.656. The number of benzene rings is 2. The Morgan fingerprint density at radius 3 is 2.50 bits per heavy atom. The normalized spacial score (nSPS) is 15.9. The van der Waals surface area contributed by atoms with Crippen molar-refractivity contribution in [2.24, 2.45) is 0 Å². The molecule has 0 saturated carbocycles. The van der Waals surface area contributed by atoms with Crippen molar-refractivity contribution in [1.29, 1.82) is 0 Å². The Hall–Kier alpha value is -2.82. The van der Waals surface area contributed by atoms with Crippen LogP contribution in [-0.4, -0.2) is 35.9 Å². The van der Waals surface area contributed by atoms with Gasteiger partial charge in [0, 0.05) is 24.3 Å². The predicted octanol–water partition coefficient (Wildman–Crippen LogP) is 5.23. The van der Waals surface area contributed by atoms with Gasteiger partial charge in [0.1, 0.15) is 5.75 Å². The van der Waals surface area contributed by atoms with Crippen LogP contribution < -0.4 is 10.1 Å². The predicted molar refractivity (Wildman–Crippen MR) is 120 cm³/mol. The fourth-order valence-electron chi connectivity index (χ4n) is 3.71. The standard InChI is InChI=1S/C25H32N2O3/c1-4-18(2)22-13-6-7-14-23(22)30-19(3)24(28)26-21-12-10-11-20(17-21)25(29)27-15-8-5-9-16-27/h6-7,10-14,17-19H,4-5,8-9,15-16H2,1-3H3,(H,26,28). The Kier molecular flexibility index (Phi) is 7.50. The Morgan fingerprint density at radius 2 is 1.77 bits per heavy atom. The molecular formula is C25H32N2O3. The molecular weight excluding hydrogens is 376 g/mol. The third-order valence-electron chi connectivity index (χ3n) is 5.76. The molecule has 0 aromatic heterocycles. The third-order valence-corrected chi connectivity index (χ3v) is 5.76. The fourth-order valence-corrected chi connectivity index (χ4v) is 3.71. The van der Waals surface area contributed by atoms with Gasteiger partial charge in [-0.05, 0) is 68.4 Å². The van der Waals surface area contributed by atoms with Crippen molar-refractivity contribution >= 4 is 17.5 Å². The van der Waals surface area contributed by atoms with Crippen molar-refractivity contribution in [2.75, 3.05) is 18.4 Å². The van der Waals surface area contributed by atoms with E-state index in [1.807, 2.05) is 29.2 Å². The van der Waals surface area contributed by atoms with Crippen LogP contribution in [-0.2, 0) is 4.79 Å². The molecule has 5 heteroatoms. The van der Waals surface area contributed by atoms with Crippen LogP contribution in [0.4, 0.5) is 5.69 Å². The number of piperidine rings is 1. The zero-order valence-corrected chi connectivity index (χ0v) is 18.2. The maximum Gasteiger partial charge on any atom is 0.265 e. The van der Waals surface area contributed by atoms with E-state index in [1.54, 1.807) is 31.2 Å². The first-order chi connectivity index (χ1) is 14.5. The maximum atomic E-state index is 12.7. The highest BCUT2D eigenvalue weighted by molar-refractivity contribution is 5.98. The maximum absolute atomic E-state index is 12.7. The second kappa shape index (κ2) is 10.3. The molecule has 160 valence electrons.